The smallest absolute Gasteiger partial charge is 0.265 e. The van der Waals surface area contributed by atoms with E-state index in [-0.39, 0.29) is 12.5 Å². The molecule has 0 aliphatic carbocycles. The van der Waals surface area contributed by atoms with Gasteiger partial charge in [0.05, 0.1) is 22.5 Å². The van der Waals surface area contributed by atoms with Gasteiger partial charge in [0.15, 0.2) is 11.7 Å². The molecule has 0 fully saturated rings. The number of hydrogen-bond donors (Lipinski definition) is 1. The van der Waals surface area contributed by atoms with E-state index in [1.807, 2.05) is 19.1 Å². The van der Waals surface area contributed by atoms with Crippen LogP contribution in [0.4, 0.5) is 10.8 Å². The number of nitrogens with one attached hydrogen (secondary N) is 1. The summed E-state index contributed by atoms with van der Waals surface area (Å²) in [6.07, 6.45) is 0. The van der Waals surface area contributed by atoms with E-state index in [0.29, 0.717) is 39.9 Å². The second kappa shape index (κ2) is 8.38. The lowest BCUT2D eigenvalue weighted by Gasteiger charge is -2.28. The summed E-state index contributed by atoms with van der Waals surface area (Å²) < 4.78 is 5.51. The summed E-state index contributed by atoms with van der Waals surface area (Å²) >= 11 is 1.22. The predicted molar refractivity (Wildman–Crippen MR) is 126 cm³/mol. The molecule has 1 unspecified atom stereocenters. The highest BCUT2D eigenvalue weighted by molar-refractivity contribution is 7.14. The third-order valence-corrected chi connectivity index (χ3v) is 6.60. The highest BCUT2D eigenvalue weighted by atomic mass is 32.1. The third-order valence-electron chi connectivity index (χ3n) is 5.84. The van der Waals surface area contributed by atoms with Gasteiger partial charge in [0.1, 0.15) is 11.8 Å². The summed E-state index contributed by atoms with van der Waals surface area (Å²) in [5.74, 6) is -0.981. The number of rotatable bonds is 5. The first-order valence-corrected chi connectivity index (χ1v) is 11.6. The largest absolute Gasteiger partial charge is 0.482 e. The van der Waals surface area contributed by atoms with Crippen molar-refractivity contribution in [3.63, 3.8) is 0 Å². The van der Waals surface area contributed by atoms with E-state index in [4.69, 9.17) is 4.74 Å². The van der Waals surface area contributed by atoms with Crippen molar-refractivity contribution >= 4 is 45.8 Å². The molecule has 1 atom stereocenters. The molecule has 172 valence electrons. The Morgan fingerprint density at radius 1 is 1.15 bits per heavy atom. The standard InChI is InChI=1S/C24H20N4O5S/c1-3-27-18-10-14(8-9-19(18)33-11-20(27)29)17-12-34-24(25-17)26-21(30)13(2)28-22(31)15-6-4-5-7-16(15)23(28)32/h4-10,12-13H,3,11H2,1-2H3,(H,25,26,30). The SMILES string of the molecule is CCN1C(=O)COc2ccc(-c3csc(NC(=O)C(C)N4C(=O)c5ccccc5C4=O)n3)cc21. The normalized spacial score (nSPS) is 15.6. The Kier molecular flexibility index (Phi) is 5.37. The van der Waals surface area contributed by atoms with E-state index in [9.17, 15) is 19.2 Å². The number of thiazole rings is 1. The van der Waals surface area contributed by atoms with Gasteiger partial charge in [-0.05, 0) is 44.2 Å². The monoisotopic (exact) mass is 476 g/mol. The number of hydrogen-bond acceptors (Lipinski definition) is 7. The van der Waals surface area contributed by atoms with E-state index in [1.54, 1.807) is 40.6 Å². The Morgan fingerprint density at radius 3 is 2.53 bits per heavy atom. The number of likely N-dealkylation sites (N-methyl/N-ethyl adjacent to an activating group) is 1. The summed E-state index contributed by atoms with van der Waals surface area (Å²) in [6.45, 7) is 3.93. The van der Waals surface area contributed by atoms with Gasteiger partial charge < -0.3 is 15.0 Å². The molecule has 2 aliphatic heterocycles. The summed E-state index contributed by atoms with van der Waals surface area (Å²) in [6, 6.07) is 11.0. The lowest BCUT2D eigenvalue weighted by atomic mass is 10.1. The topological polar surface area (TPSA) is 109 Å². The van der Waals surface area contributed by atoms with E-state index in [1.165, 1.54) is 18.3 Å². The van der Waals surface area contributed by atoms with Crippen molar-refractivity contribution < 1.29 is 23.9 Å². The quantitative estimate of drug-likeness (QED) is 0.567. The van der Waals surface area contributed by atoms with Crippen LogP contribution in [0.25, 0.3) is 11.3 Å². The second-order valence-corrected chi connectivity index (χ2v) is 8.70. The molecule has 34 heavy (non-hydrogen) atoms. The van der Waals surface area contributed by atoms with Gasteiger partial charge in [-0.25, -0.2) is 4.98 Å². The molecule has 10 heteroatoms. The summed E-state index contributed by atoms with van der Waals surface area (Å²) in [4.78, 5) is 57.4. The molecule has 4 amide bonds. The molecule has 3 heterocycles. The summed E-state index contributed by atoms with van der Waals surface area (Å²) in [5.41, 5.74) is 2.64. The van der Waals surface area contributed by atoms with Crippen LogP contribution in [0.5, 0.6) is 5.75 Å². The number of carbonyl (C=O) groups excluding carboxylic acids is 4. The molecule has 2 aliphatic rings. The molecule has 0 spiro atoms. The fraction of sp³-hybridized carbons (Fsp3) is 0.208. The molecular weight excluding hydrogens is 456 g/mol. The Labute approximate surface area is 199 Å². The van der Waals surface area contributed by atoms with Gasteiger partial charge in [-0.3, -0.25) is 24.1 Å². The van der Waals surface area contributed by atoms with Crippen LogP contribution in [0.3, 0.4) is 0 Å². The number of amides is 4. The molecule has 1 aromatic heterocycles. The van der Waals surface area contributed by atoms with Crippen LogP contribution in [0.15, 0.2) is 47.8 Å². The minimum atomic E-state index is -1.01. The number of ether oxygens (including phenoxy) is 1. The number of benzene rings is 2. The van der Waals surface area contributed by atoms with E-state index in [0.717, 1.165) is 10.5 Å². The summed E-state index contributed by atoms with van der Waals surface area (Å²) in [5, 5.41) is 4.82. The predicted octanol–water partition coefficient (Wildman–Crippen LogP) is 3.18. The average molecular weight is 477 g/mol. The van der Waals surface area contributed by atoms with Gasteiger partial charge in [-0.15, -0.1) is 11.3 Å². The maximum atomic E-state index is 12.8. The lowest BCUT2D eigenvalue weighted by Crippen LogP contribution is -2.45. The van der Waals surface area contributed by atoms with Crippen molar-refractivity contribution in [2.24, 2.45) is 0 Å². The Hall–Kier alpha value is -4.05. The molecule has 0 bridgehead atoms. The minimum absolute atomic E-state index is 0.0123. The van der Waals surface area contributed by atoms with Crippen molar-refractivity contribution in [1.82, 2.24) is 9.88 Å². The maximum Gasteiger partial charge on any atom is 0.265 e. The van der Waals surface area contributed by atoms with Crippen molar-refractivity contribution in [1.29, 1.82) is 0 Å². The number of fused-ring (bicyclic) bond motifs is 2. The first-order chi connectivity index (χ1) is 16.4. The van der Waals surface area contributed by atoms with Crippen LogP contribution < -0.4 is 15.0 Å². The maximum absolute atomic E-state index is 12.8. The molecule has 0 saturated heterocycles. The van der Waals surface area contributed by atoms with Crippen LogP contribution in [-0.2, 0) is 9.59 Å². The zero-order chi connectivity index (χ0) is 24.0. The number of nitrogens with zero attached hydrogens (tertiary/aromatic N) is 3. The molecule has 9 nitrogen and oxygen atoms in total. The molecule has 0 saturated carbocycles. The zero-order valence-corrected chi connectivity index (χ0v) is 19.2. The first-order valence-electron chi connectivity index (χ1n) is 10.7. The highest BCUT2D eigenvalue weighted by Crippen LogP contribution is 2.36. The van der Waals surface area contributed by atoms with Crippen LogP contribution >= 0.6 is 11.3 Å². The summed E-state index contributed by atoms with van der Waals surface area (Å²) in [7, 11) is 0. The molecule has 2 aromatic carbocycles. The van der Waals surface area contributed by atoms with Gasteiger partial charge in [0, 0.05) is 17.5 Å². The third kappa shape index (κ3) is 3.52. The fourth-order valence-electron chi connectivity index (χ4n) is 4.06. The van der Waals surface area contributed by atoms with Gasteiger partial charge in [-0.1, -0.05) is 12.1 Å². The average Bonchev–Trinajstić information content (AvgIpc) is 3.41. The van der Waals surface area contributed by atoms with Crippen molar-refractivity contribution in [2.75, 3.05) is 23.4 Å². The van der Waals surface area contributed by atoms with Gasteiger partial charge in [-0.2, -0.15) is 0 Å². The molecule has 3 aromatic rings. The number of imide groups is 1. The van der Waals surface area contributed by atoms with E-state index < -0.39 is 23.8 Å². The fourth-order valence-corrected chi connectivity index (χ4v) is 4.78. The first kappa shape index (κ1) is 21.8. The van der Waals surface area contributed by atoms with Crippen LogP contribution in [0.1, 0.15) is 34.6 Å². The van der Waals surface area contributed by atoms with Crippen LogP contribution in [-0.4, -0.2) is 52.7 Å². The number of aromatic nitrogens is 1. The molecule has 1 N–H and O–H groups in total. The lowest BCUT2D eigenvalue weighted by molar-refractivity contribution is -0.121. The molecule has 5 rings (SSSR count). The minimum Gasteiger partial charge on any atom is -0.482 e. The Morgan fingerprint density at radius 2 is 1.85 bits per heavy atom. The van der Waals surface area contributed by atoms with Crippen molar-refractivity contribution in [3.05, 3.63) is 59.0 Å². The van der Waals surface area contributed by atoms with Gasteiger partial charge in [0.25, 0.3) is 17.7 Å². The zero-order valence-electron chi connectivity index (χ0n) is 18.4. The van der Waals surface area contributed by atoms with E-state index >= 15 is 0 Å². The van der Waals surface area contributed by atoms with Crippen molar-refractivity contribution in [3.8, 4) is 17.0 Å². The second-order valence-electron chi connectivity index (χ2n) is 7.84. The molecular formula is C24H20N4O5S. The number of carbonyl (C=O) groups is 4. The molecule has 0 radical (unpaired) electrons. The van der Waals surface area contributed by atoms with Crippen molar-refractivity contribution in [2.45, 2.75) is 19.9 Å². The van der Waals surface area contributed by atoms with Crippen LogP contribution in [0.2, 0.25) is 0 Å². The number of anilines is 2. The highest BCUT2D eigenvalue weighted by Gasteiger charge is 2.40. The Bertz CT molecular complexity index is 1320. The van der Waals surface area contributed by atoms with Crippen LogP contribution in [0, 0.1) is 0 Å². The van der Waals surface area contributed by atoms with Gasteiger partial charge >= 0.3 is 0 Å². The van der Waals surface area contributed by atoms with Gasteiger partial charge in [0.2, 0.25) is 5.91 Å². The Balaban J connectivity index is 1.33. The van der Waals surface area contributed by atoms with E-state index in [2.05, 4.69) is 10.3 Å².